The Kier molecular flexibility index (Phi) is 6.15. The van der Waals surface area contributed by atoms with Crippen LogP contribution in [-0.4, -0.2) is 46.0 Å². The number of aldehydes is 1. The highest BCUT2D eigenvalue weighted by molar-refractivity contribution is 14.1. The molecule has 1 aromatic heterocycles. The fraction of sp³-hybridized carbons (Fsp3) is 0.368. The molecule has 1 aliphatic heterocycles. The highest BCUT2D eigenvalue weighted by Crippen LogP contribution is 2.30. The Balaban J connectivity index is 2.01. The van der Waals surface area contributed by atoms with Crippen LogP contribution in [0.2, 0.25) is 0 Å². The first-order valence-electron chi connectivity index (χ1n) is 8.72. The van der Waals surface area contributed by atoms with Crippen molar-refractivity contribution in [2.24, 2.45) is 7.05 Å². The third-order valence-corrected chi connectivity index (χ3v) is 5.56. The van der Waals surface area contributed by atoms with E-state index in [-0.39, 0.29) is 30.7 Å². The first-order valence-corrected chi connectivity index (χ1v) is 9.80. The Bertz CT molecular complexity index is 868. The van der Waals surface area contributed by atoms with Gasteiger partial charge >= 0.3 is 0 Å². The third-order valence-electron chi connectivity index (χ3n) is 4.89. The zero-order valence-electron chi connectivity index (χ0n) is 14.9. The van der Waals surface area contributed by atoms with Gasteiger partial charge < -0.3 is 24.7 Å². The number of carbonyl (C=O) groups is 2. The SMILES string of the molecule is Cn1c(CC=O)cc(C(=O)N2CCC[C@@H]2CO)c1Nc1ccc(I)cc1F. The number of rotatable bonds is 6. The van der Waals surface area contributed by atoms with Crippen molar-refractivity contribution in [2.45, 2.75) is 25.3 Å². The van der Waals surface area contributed by atoms with Gasteiger partial charge in [0.25, 0.3) is 5.91 Å². The van der Waals surface area contributed by atoms with Gasteiger partial charge in [-0.25, -0.2) is 4.39 Å². The summed E-state index contributed by atoms with van der Waals surface area (Å²) in [5.74, 6) is -0.221. The number of hydrogen-bond donors (Lipinski definition) is 2. The minimum atomic E-state index is -0.423. The number of nitrogens with one attached hydrogen (secondary N) is 1. The number of likely N-dealkylation sites (tertiary alicyclic amines) is 1. The number of hydrogen-bond acceptors (Lipinski definition) is 4. The van der Waals surface area contributed by atoms with Crippen LogP contribution in [0.3, 0.4) is 0 Å². The Morgan fingerprint density at radius 1 is 1.44 bits per heavy atom. The second-order valence-corrected chi connectivity index (χ2v) is 7.80. The molecule has 6 nitrogen and oxygen atoms in total. The normalized spacial score (nSPS) is 16.6. The van der Waals surface area contributed by atoms with E-state index < -0.39 is 5.82 Å². The number of halogens is 2. The molecule has 0 saturated carbocycles. The van der Waals surface area contributed by atoms with Crippen LogP contribution >= 0.6 is 22.6 Å². The van der Waals surface area contributed by atoms with E-state index in [2.05, 4.69) is 5.32 Å². The monoisotopic (exact) mass is 485 g/mol. The molecule has 0 aliphatic carbocycles. The average Bonchev–Trinajstić information content (AvgIpc) is 3.23. The number of anilines is 2. The van der Waals surface area contributed by atoms with Gasteiger partial charge in [0.2, 0.25) is 0 Å². The lowest BCUT2D eigenvalue weighted by Crippen LogP contribution is -2.37. The van der Waals surface area contributed by atoms with Crippen molar-refractivity contribution in [3.63, 3.8) is 0 Å². The van der Waals surface area contributed by atoms with Crippen LogP contribution in [0.5, 0.6) is 0 Å². The van der Waals surface area contributed by atoms with E-state index in [1.165, 1.54) is 6.07 Å². The van der Waals surface area contributed by atoms with Crippen molar-refractivity contribution in [3.05, 3.63) is 44.9 Å². The molecule has 8 heteroatoms. The third kappa shape index (κ3) is 4.01. The summed E-state index contributed by atoms with van der Waals surface area (Å²) in [6.45, 7) is 0.480. The second-order valence-electron chi connectivity index (χ2n) is 6.55. The standard InChI is InChI=1S/C19H21FIN3O3/c1-23-13(6-8-25)10-15(19(27)24-7-2-3-14(24)11-26)18(23)22-17-5-4-12(21)9-16(17)20/h4-5,8-10,14,22,26H,2-3,6-7,11H2,1H3/t14-/m1/s1. The number of amides is 1. The van der Waals surface area contributed by atoms with E-state index in [4.69, 9.17) is 0 Å². The molecule has 1 fully saturated rings. The summed E-state index contributed by atoms with van der Waals surface area (Å²) in [6, 6.07) is 6.24. The van der Waals surface area contributed by atoms with Crippen molar-refractivity contribution in [3.8, 4) is 0 Å². The summed E-state index contributed by atoms with van der Waals surface area (Å²) in [4.78, 5) is 25.8. The molecule has 0 spiro atoms. The van der Waals surface area contributed by atoms with Crippen molar-refractivity contribution in [1.29, 1.82) is 0 Å². The summed E-state index contributed by atoms with van der Waals surface area (Å²) >= 11 is 2.03. The fourth-order valence-electron chi connectivity index (χ4n) is 3.42. The number of aliphatic hydroxyl groups is 1. The Morgan fingerprint density at radius 3 is 2.89 bits per heavy atom. The van der Waals surface area contributed by atoms with Crippen LogP contribution in [0, 0.1) is 9.39 Å². The zero-order valence-corrected chi connectivity index (χ0v) is 17.1. The summed E-state index contributed by atoms with van der Waals surface area (Å²) in [5.41, 5.74) is 1.28. The van der Waals surface area contributed by atoms with Gasteiger partial charge in [-0.2, -0.15) is 0 Å². The lowest BCUT2D eigenvalue weighted by atomic mass is 10.2. The Labute approximate surface area is 170 Å². The molecule has 1 aromatic carbocycles. The fourth-order valence-corrected chi connectivity index (χ4v) is 3.87. The lowest BCUT2D eigenvalue weighted by Gasteiger charge is -2.23. The van der Waals surface area contributed by atoms with Gasteiger partial charge in [0.1, 0.15) is 17.9 Å². The van der Waals surface area contributed by atoms with Gasteiger partial charge in [-0.1, -0.05) is 0 Å². The minimum absolute atomic E-state index is 0.0890. The van der Waals surface area contributed by atoms with Gasteiger partial charge in [-0.05, 0) is 59.7 Å². The zero-order chi connectivity index (χ0) is 19.6. The maximum atomic E-state index is 14.3. The van der Waals surface area contributed by atoms with E-state index in [0.717, 1.165) is 22.7 Å². The van der Waals surface area contributed by atoms with Crippen LogP contribution in [-0.2, 0) is 18.3 Å². The van der Waals surface area contributed by atoms with E-state index in [9.17, 15) is 19.1 Å². The quantitative estimate of drug-likeness (QED) is 0.488. The molecule has 2 heterocycles. The topological polar surface area (TPSA) is 74.6 Å². The molecule has 3 rings (SSSR count). The molecule has 2 aromatic rings. The first-order chi connectivity index (χ1) is 13.0. The van der Waals surface area contributed by atoms with E-state index in [1.54, 1.807) is 34.7 Å². The molecular formula is C19H21FIN3O3. The molecule has 1 amide bonds. The van der Waals surface area contributed by atoms with Crippen LogP contribution in [0.15, 0.2) is 24.3 Å². The summed E-state index contributed by atoms with van der Waals surface area (Å²) in [6.07, 6.45) is 2.51. The minimum Gasteiger partial charge on any atom is -0.394 e. The van der Waals surface area contributed by atoms with Gasteiger partial charge in [0.05, 0.1) is 23.9 Å². The lowest BCUT2D eigenvalue weighted by molar-refractivity contribution is -0.107. The van der Waals surface area contributed by atoms with Gasteiger partial charge in [0.15, 0.2) is 0 Å². The van der Waals surface area contributed by atoms with Crippen molar-refractivity contribution in [1.82, 2.24) is 9.47 Å². The molecule has 1 atom stereocenters. The highest BCUT2D eigenvalue weighted by atomic mass is 127. The predicted octanol–water partition coefficient (Wildman–Crippen LogP) is 2.85. The summed E-state index contributed by atoms with van der Waals surface area (Å²) in [5, 5.41) is 12.5. The number of aliphatic hydroxyl groups excluding tert-OH is 1. The van der Waals surface area contributed by atoms with E-state index in [1.807, 2.05) is 22.6 Å². The molecule has 0 unspecified atom stereocenters. The number of benzene rings is 1. The molecule has 144 valence electrons. The Morgan fingerprint density at radius 2 is 2.22 bits per heavy atom. The predicted molar refractivity (Wildman–Crippen MR) is 109 cm³/mol. The van der Waals surface area contributed by atoms with Crippen LogP contribution in [0.1, 0.15) is 28.9 Å². The van der Waals surface area contributed by atoms with Crippen LogP contribution < -0.4 is 5.32 Å². The maximum absolute atomic E-state index is 14.3. The van der Waals surface area contributed by atoms with Crippen molar-refractivity contribution >= 4 is 46.3 Å². The van der Waals surface area contributed by atoms with E-state index >= 15 is 0 Å². The Hall–Kier alpha value is -1.94. The van der Waals surface area contributed by atoms with Gasteiger partial charge in [0, 0.05) is 29.3 Å². The van der Waals surface area contributed by atoms with Gasteiger partial charge in [-0.3, -0.25) is 4.79 Å². The highest BCUT2D eigenvalue weighted by Gasteiger charge is 2.31. The van der Waals surface area contributed by atoms with Crippen molar-refractivity contribution in [2.75, 3.05) is 18.5 Å². The molecule has 27 heavy (non-hydrogen) atoms. The van der Waals surface area contributed by atoms with Crippen LogP contribution in [0.25, 0.3) is 0 Å². The van der Waals surface area contributed by atoms with Crippen LogP contribution in [0.4, 0.5) is 15.9 Å². The first kappa shape index (κ1) is 19.8. The average molecular weight is 485 g/mol. The number of carbonyl (C=O) groups excluding carboxylic acids is 2. The molecule has 0 radical (unpaired) electrons. The number of nitrogens with zero attached hydrogens (tertiary/aromatic N) is 2. The molecular weight excluding hydrogens is 464 g/mol. The summed E-state index contributed by atoms with van der Waals surface area (Å²) in [7, 11) is 1.73. The molecule has 1 saturated heterocycles. The molecule has 0 bridgehead atoms. The smallest absolute Gasteiger partial charge is 0.257 e. The summed E-state index contributed by atoms with van der Waals surface area (Å²) < 4.78 is 16.8. The largest absolute Gasteiger partial charge is 0.394 e. The number of aromatic nitrogens is 1. The molecule has 2 N–H and O–H groups in total. The maximum Gasteiger partial charge on any atom is 0.257 e. The second kappa shape index (κ2) is 8.39. The van der Waals surface area contributed by atoms with Gasteiger partial charge in [-0.15, -0.1) is 0 Å². The molecule has 1 aliphatic rings. The van der Waals surface area contributed by atoms with Crippen molar-refractivity contribution < 1.29 is 19.1 Å². The van der Waals surface area contributed by atoms with E-state index in [0.29, 0.717) is 23.6 Å².